The van der Waals surface area contributed by atoms with Crippen molar-refractivity contribution >= 4 is 23.3 Å². The molecular weight excluding hydrogens is 358 g/mol. The number of non-ortho nitro benzene ring substituents is 1. The summed E-state index contributed by atoms with van der Waals surface area (Å²) in [6.07, 6.45) is 0.449. The third kappa shape index (κ3) is 3.16. The molecule has 0 unspecified atom stereocenters. The van der Waals surface area contributed by atoms with E-state index in [1.807, 2.05) is 6.92 Å². The fourth-order valence-corrected chi connectivity index (χ4v) is 2.87. The highest BCUT2D eigenvalue weighted by molar-refractivity contribution is 6.30. The Balaban J connectivity index is 2.20. The molecular formula is C18H14ClN3O4. The van der Waals surface area contributed by atoms with Crippen LogP contribution in [0.25, 0.3) is 16.9 Å². The van der Waals surface area contributed by atoms with Crippen LogP contribution in [-0.2, 0) is 6.42 Å². The number of aromatic nitrogens is 2. The van der Waals surface area contributed by atoms with Gasteiger partial charge in [0.25, 0.3) is 5.69 Å². The minimum atomic E-state index is -1.10. The Bertz CT molecular complexity index is 979. The molecule has 0 spiro atoms. The molecule has 3 aromatic rings. The van der Waals surface area contributed by atoms with Gasteiger partial charge in [-0.15, -0.1) is 0 Å². The zero-order valence-electron chi connectivity index (χ0n) is 13.7. The van der Waals surface area contributed by atoms with Crippen molar-refractivity contribution in [2.45, 2.75) is 13.3 Å². The van der Waals surface area contributed by atoms with E-state index in [0.29, 0.717) is 28.4 Å². The molecule has 0 saturated heterocycles. The Kier molecular flexibility index (Phi) is 4.73. The van der Waals surface area contributed by atoms with E-state index in [1.54, 1.807) is 28.9 Å². The second-order valence-corrected chi connectivity index (χ2v) is 5.96. The van der Waals surface area contributed by atoms with Crippen LogP contribution in [0.2, 0.25) is 5.02 Å². The zero-order chi connectivity index (χ0) is 18.8. The maximum Gasteiger partial charge on any atom is 0.339 e. The number of hydrogen-bond acceptors (Lipinski definition) is 4. The normalized spacial score (nSPS) is 10.7. The van der Waals surface area contributed by atoms with Crippen molar-refractivity contribution in [3.8, 4) is 16.9 Å². The number of nitrogens with zero attached hydrogens (tertiary/aromatic N) is 3. The van der Waals surface area contributed by atoms with E-state index in [1.165, 1.54) is 24.3 Å². The van der Waals surface area contributed by atoms with Gasteiger partial charge in [0.15, 0.2) is 0 Å². The first kappa shape index (κ1) is 17.6. The second kappa shape index (κ2) is 6.97. The van der Waals surface area contributed by atoms with Crippen LogP contribution >= 0.6 is 11.6 Å². The molecule has 0 atom stereocenters. The summed E-state index contributed by atoms with van der Waals surface area (Å²) in [6.45, 7) is 1.84. The van der Waals surface area contributed by atoms with Gasteiger partial charge in [-0.05, 0) is 42.8 Å². The van der Waals surface area contributed by atoms with Crippen LogP contribution in [0.3, 0.4) is 0 Å². The summed E-state index contributed by atoms with van der Waals surface area (Å²) in [6, 6.07) is 12.5. The lowest BCUT2D eigenvalue weighted by Gasteiger charge is -2.06. The van der Waals surface area contributed by atoms with E-state index in [9.17, 15) is 20.0 Å². The van der Waals surface area contributed by atoms with Gasteiger partial charge in [0.05, 0.1) is 16.3 Å². The van der Waals surface area contributed by atoms with Gasteiger partial charge in [-0.25, -0.2) is 9.48 Å². The van der Waals surface area contributed by atoms with Gasteiger partial charge >= 0.3 is 5.97 Å². The van der Waals surface area contributed by atoms with E-state index in [2.05, 4.69) is 5.10 Å². The van der Waals surface area contributed by atoms with E-state index >= 15 is 0 Å². The number of aromatic carboxylic acids is 1. The topological polar surface area (TPSA) is 98.3 Å². The number of carboxylic acids is 1. The van der Waals surface area contributed by atoms with Crippen molar-refractivity contribution in [1.29, 1.82) is 0 Å². The minimum absolute atomic E-state index is 0.0709. The number of nitro benzene ring substituents is 1. The van der Waals surface area contributed by atoms with Crippen LogP contribution in [0.4, 0.5) is 5.69 Å². The highest BCUT2D eigenvalue weighted by Gasteiger charge is 2.24. The molecule has 1 aromatic heterocycles. The van der Waals surface area contributed by atoms with Gasteiger partial charge in [-0.1, -0.05) is 18.5 Å². The van der Waals surface area contributed by atoms with E-state index in [0.717, 1.165) is 0 Å². The first-order chi connectivity index (χ1) is 12.4. The summed E-state index contributed by atoms with van der Waals surface area (Å²) >= 11 is 5.92. The monoisotopic (exact) mass is 371 g/mol. The maximum absolute atomic E-state index is 11.9. The molecule has 26 heavy (non-hydrogen) atoms. The smallest absolute Gasteiger partial charge is 0.339 e. The van der Waals surface area contributed by atoms with Gasteiger partial charge in [0, 0.05) is 22.7 Å². The molecule has 1 heterocycles. The third-order valence-corrected chi connectivity index (χ3v) is 4.20. The number of hydrogen-bond donors (Lipinski definition) is 1. The van der Waals surface area contributed by atoms with Crippen LogP contribution in [-0.4, -0.2) is 25.8 Å². The maximum atomic E-state index is 11.9. The molecule has 3 rings (SSSR count). The van der Waals surface area contributed by atoms with Crippen LogP contribution < -0.4 is 0 Å². The van der Waals surface area contributed by atoms with Gasteiger partial charge in [0.1, 0.15) is 11.3 Å². The lowest BCUT2D eigenvalue weighted by molar-refractivity contribution is -0.384. The third-order valence-electron chi connectivity index (χ3n) is 3.95. The highest BCUT2D eigenvalue weighted by Crippen LogP contribution is 2.29. The fourth-order valence-electron chi connectivity index (χ4n) is 2.74. The van der Waals surface area contributed by atoms with E-state index < -0.39 is 10.9 Å². The molecule has 0 amide bonds. The molecule has 0 aliphatic heterocycles. The number of carbonyl (C=O) groups is 1. The van der Waals surface area contributed by atoms with Crippen molar-refractivity contribution in [2.75, 3.05) is 0 Å². The van der Waals surface area contributed by atoms with Crippen molar-refractivity contribution < 1.29 is 14.8 Å². The Morgan fingerprint density at radius 1 is 1.19 bits per heavy atom. The molecule has 0 aliphatic rings. The Morgan fingerprint density at radius 3 is 2.31 bits per heavy atom. The second-order valence-electron chi connectivity index (χ2n) is 5.52. The molecule has 2 aromatic carbocycles. The Morgan fingerprint density at radius 2 is 1.81 bits per heavy atom. The molecule has 0 radical (unpaired) electrons. The Hall–Kier alpha value is -3.19. The van der Waals surface area contributed by atoms with Crippen LogP contribution in [0.1, 0.15) is 23.0 Å². The van der Waals surface area contributed by atoms with Crippen molar-refractivity contribution in [1.82, 2.24) is 9.78 Å². The van der Waals surface area contributed by atoms with Crippen molar-refractivity contribution in [2.24, 2.45) is 0 Å². The van der Waals surface area contributed by atoms with Crippen LogP contribution in [0.5, 0.6) is 0 Å². The molecule has 0 bridgehead atoms. The molecule has 8 heteroatoms. The zero-order valence-corrected chi connectivity index (χ0v) is 14.5. The predicted molar refractivity (Wildman–Crippen MR) is 97.0 cm³/mol. The summed E-state index contributed by atoms with van der Waals surface area (Å²) in [7, 11) is 0. The number of nitro groups is 1. The lowest BCUT2D eigenvalue weighted by Crippen LogP contribution is -2.05. The number of carboxylic acid groups (broad SMARTS) is 1. The van der Waals surface area contributed by atoms with Crippen LogP contribution in [0, 0.1) is 10.1 Å². The largest absolute Gasteiger partial charge is 0.478 e. The summed E-state index contributed by atoms with van der Waals surface area (Å²) < 4.78 is 1.57. The quantitative estimate of drug-likeness (QED) is 0.530. The lowest BCUT2D eigenvalue weighted by atomic mass is 10.0. The average molecular weight is 372 g/mol. The van der Waals surface area contributed by atoms with E-state index in [-0.39, 0.29) is 16.9 Å². The number of benzene rings is 2. The molecule has 0 aliphatic carbocycles. The van der Waals surface area contributed by atoms with Gasteiger partial charge < -0.3 is 5.11 Å². The highest BCUT2D eigenvalue weighted by atomic mass is 35.5. The standard InChI is InChI=1S/C18H14ClN3O4/c1-2-15-16(18(23)24)17(11-3-7-14(8-4-11)22(25)26)20-21(15)13-9-5-12(19)6-10-13/h3-10H,2H2,1H3,(H,23,24). The number of halogens is 1. The first-order valence-corrected chi connectivity index (χ1v) is 8.16. The minimum Gasteiger partial charge on any atom is -0.478 e. The number of rotatable bonds is 5. The average Bonchev–Trinajstić information content (AvgIpc) is 3.02. The molecule has 7 nitrogen and oxygen atoms in total. The molecule has 0 fully saturated rings. The Labute approximate surface area is 153 Å². The molecule has 0 saturated carbocycles. The van der Waals surface area contributed by atoms with Crippen molar-refractivity contribution in [3.63, 3.8) is 0 Å². The summed E-state index contributed by atoms with van der Waals surface area (Å²) in [5.41, 5.74) is 1.99. The fraction of sp³-hybridized carbons (Fsp3) is 0.111. The van der Waals surface area contributed by atoms with E-state index in [4.69, 9.17) is 11.6 Å². The first-order valence-electron chi connectivity index (χ1n) is 7.78. The van der Waals surface area contributed by atoms with Gasteiger partial charge in [-0.2, -0.15) is 5.10 Å². The van der Waals surface area contributed by atoms with Gasteiger partial charge in [0.2, 0.25) is 0 Å². The van der Waals surface area contributed by atoms with Crippen LogP contribution in [0.15, 0.2) is 48.5 Å². The van der Waals surface area contributed by atoms with Crippen molar-refractivity contribution in [3.05, 3.63) is 74.9 Å². The summed E-state index contributed by atoms with van der Waals surface area (Å²) in [5, 5.41) is 25.6. The summed E-state index contributed by atoms with van der Waals surface area (Å²) in [4.78, 5) is 22.2. The molecule has 1 N–H and O–H groups in total. The van der Waals surface area contributed by atoms with Gasteiger partial charge in [-0.3, -0.25) is 10.1 Å². The molecule has 132 valence electrons. The predicted octanol–water partition coefficient (Wildman–Crippen LogP) is 4.36. The summed E-state index contributed by atoms with van der Waals surface area (Å²) in [5.74, 6) is -1.10. The SMILES string of the molecule is CCc1c(C(=O)O)c(-c2ccc([N+](=O)[O-])cc2)nn1-c1ccc(Cl)cc1.